The maximum Gasteiger partial charge on any atom is 0.342 e. The van der Waals surface area contributed by atoms with E-state index >= 15 is 0 Å². The molecule has 0 aliphatic heterocycles. The fourth-order valence-electron chi connectivity index (χ4n) is 4.13. The highest BCUT2D eigenvalue weighted by molar-refractivity contribution is 6.07. The average molecular weight is 544 g/mol. The van der Waals surface area contributed by atoms with Crippen molar-refractivity contribution < 1.29 is 23.8 Å². The number of esters is 1. The van der Waals surface area contributed by atoms with Crippen molar-refractivity contribution in [3.05, 3.63) is 161 Å². The van der Waals surface area contributed by atoms with Crippen LogP contribution < -0.4 is 14.8 Å². The number of hydrogen-bond acceptors (Lipinski definition) is 5. The number of ether oxygens (including phenoxy) is 3. The molecule has 6 heteroatoms. The van der Waals surface area contributed by atoms with Gasteiger partial charge in [-0.3, -0.25) is 4.79 Å². The Labute approximate surface area is 239 Å². The Morgan fingerprint density at radius 2 is 0.927 bits per heavy atom. The summed E-state index contributed by atoms with van der Waals surface area (Å²) in [4.78, 5) is 26.9. The fourth-order valence-corrected chi connectivity index (χ4v) is 4.13. The number of rotatable bonds is 11. The second-order valence-electron chi connectivity index (χ2n) is 9.27. The molecule has 0 saturated heterocycles. The summed E-state index contributed by atoms with van der Waals surface area (Å²) in [6.45, 7) is 0.493. The molecule has 204 valence electrons. The molecular weight excluding hydrogens is 514 g/mol. The Hall–Kier alpha value is -5.36. The minimum atomic E-state index is -0.587. The number of nitrogens with one attached hydrogen (secondary N) is 1. The molecule has 0 radical (unpaired) electrons. The van der Waals surface area contributed by atoms with Crippen LogP contribution in [0.15, 0.2) is 133 Å². The zero-order chi connectivity index (χ0) is 28.3. The lowest BCUT2D eigenvalue weighted by molar-refractivity contribution is 0.0466. The van der Waals surface area contributed by atoms with Crippen LogP contribution in [0, 0.1) is 0 Å². The molecule has 0 saturated carbocycles. The molecule has 41 heavy (non-hydrogen) atoms. The minimum absolute atomic E-state index is 0.0915. The minimum Gasteiger partial charge on any atom is -0.488 e. The van der Waals surface area contributed by atoms with Gasteiger partial charge in [0.2, 0.25) is 0 Å². The van der Waals surface area contributed by atoms with Crippen molar-refractivity contribution in [3.63, 3.8) is 0 Å². The second kappa shape index (κ2) is 13.6. The van der Waals surface area contributed by atoms with E-state index < -0.39 is 11.9 Å². The molecule has 0 aliphatic rings. The summed E-state index contributed by atoms with van der Waals surface area (Å²) in [7, 11) is 0. The zero-order valence-corrected chi connectivity index (χ0v) is 22.4. The summed E-state index contributed by atoms with van der Waals surface area (Å²) in [6, 6.07) is 40.8. The van der Waals surface area contributed by atoms with Crippen molar-refractivity contribution in [2.75, 3.05) is 5.32 Å². The second-order valence-corrected chi connectivity index (χ2v) is 9.27. The molecule has 0 atom stereocenters. The monoisotopic (exact) mass is 543 g/mol. The van der Waals surface area contributed by atoms with Gasteiger partial charge in [-0.25, -0.2) is 4.79 Å². The van der Waals surface area contributed by atoms with Crippen LogP contribution in [0.4, 0.5) is 5.69 Å². The van der Waals surface area contributed by atoms with Crippen molar-refractivity contribution in [2.24, 2.45) is 0 Å². The highest BCUT2D eigenvalue weighted by atomic mass is 16.5. The van der Waals surface area contributed by atoms with Gasteiger partial charge in [0.1, 0.15) is 36.9 Å². The fraction of sp³-hybridized carbons (Fsp3) is 0.0857. The number of benzene rings is 5. The first-order valence-electron chi connectivity index (χ1n) is 13.2. The molecule has 0 aliphatic carbocycles. The maximum absolute atomic E-state index is 13.5. The summed E-state index contributed by atoms with van der Waals surface area (Å²) in [6.07, 6.45) is 0. The van der Waals surface area contributed by atoms with Gasteiger partial charge in [-0.05, 0) is 41.0 Å². The largest absolute Gasteiger partial charge is 0.488 e. The Morgan fingerprint density at radius 3 is 1.44 bits per heavy atom. The third kappa shape index (κ3) is 7.61. The molecule has 5 aromatic rings. The zero-order valence-electron chi connectivity index (χ0n) is 22.4. The van der Waals surface area contributed by atoms with Gasteiger partial charge in [0.15, 0.2) is 0 Å². The molecule has 5 rings (SSSR count). The molecular formula is C35H29NO5. The Morgan fingerprint density at radius 1 is 0.512 bits per heavy atom. The summed E-state index contributed by atoms with van der Waals surface area (Å²) in [5, 5.41) is 2.90. The molecule has 1 N–H and O–H groups in total. The molecule has 0 aromatic heterocycles. The Balaban J connectivity index is 1.49. The molecule has 6 nitrogen and oxygen atoms in total. The van der Waals surface area contributed by atoms with Crippen LogP contribution in [-0.4, -0.2) is 11.9 Å². The van der Waals surface area contributed by atoms with Crippen LogP contribution in [0.5, 0.6) is 11.5 Å². The van der Waals surface area contributed by atoms with E-state index in [-0.39, 0.29) is 42.4 Å². The third-order valence-corrected chi connectivity index (χ3v) is 6.27. The molecule has 0 heterocycles. The van der Waals surface area contributed by atoms with Gasteiger partial charge < -0.3 is 19.5 Å². The van der Waals surface area contributed by atoms with Crippen LogP contribution in [0.2, 0.25) is 0 Å². The topological polar surface area (TPSA) is 73.9 Å². The Bertz CT molecular complexity index is 1570. The van der Waals surface area contributed by atoms with Gasteiger partial charge in [-0.1, -0.05) is 109 Å². The van der Waals surface area contributed by atoms with Crippen molar-refractivity contribution in [1.29, 1.82) is 0 Å². The van der Waals surface area contributed by atoms with Gasteiger partial charge >= 0.3 is 5.97 Å². The highest BCUT2D eigenvalue weighted by Crippen LogP contribution is 2.32. The molecule has 0 fully saturated rings. The normalized spacial score (nSPS) is 10.4. The van der Waals surface area contributed by atoms with Crippen LogP contribution in [-0.2, 0) is 24.6 Å². The van der Waals surface area contributed by atoms with E-state index in [2.05, 4.69) is 5.32 Å². The van der Waals surface area contributed by atoms with E-state index in [1.807, 2.05) is 109 Å². The van der Waals surface area contributed by atoms with Gasteiger partial charge in [0.25, 0.3) is 5.91 Å². The van der Waals surface area contributed by atoms with Crippen LogP contribution in [0.25, 0.3) is 0 Å². The SMILES string of the molecule is O=C(Nc1ccccc1)c1cc(OCc2ccccc2)c(C(=O)OCc2ccccc2)cc1OCc1ccccc1. The quantitative estimate of drug-likeness (QED) is 0.175. The number of carbonyl (C=O) groups is 2. The van der Waals surface area contributed by atoms with Crippen LogP contribution in [0.1, 0.15) is 37.4 Å². The molecule has 0 bridgehead atoms. The first-order chi connectivity index (χ1) is 20.2. The van der Waals surface area contributed by atoms with E-state index in [9.17, 15) is 9.59 Å². The van der Waals surface area contributed by atoms with E-state index in [4.69, 9.17) is 14.2 Å². The van der Waals surface area contributed by atoms with Crippen LogP contribution >= 0.6 is 0 Å². The third-order valence-electron chi connectivity index (χ3n) is 6.27. The number of carbonyl (C=O) groups excluding carboxylic acids is 2. The average Bonchev–Trinajstić information content (AvgIpc) is 3.03. The van der Waals surface area contributed by atoms with Gasteiger partial charge in [0, 0.05) is 5.69 Å². The summed E-state index contributed by atoms with van der Waals surface area (Å²) >= 11 is 0. The lowest BCUT2D eigenvalue weighted by Crippen LogP contribution is -2.16. The van der Waals surface area contributed by atoms with Gasteiger partial charge in [-0.2, -0.15) is 0 Å². The van der Waals surface area contributed by atoms with E-state index in [0.717, 1.165) is 16.7 Å². The van der Waals surface area contributed by atoms with Crippen molar-refractivity contribution in [2.45, 2.75) is 19.8 Å². The smallest absolute Gasteiger partial charge is 0.342 e. The highest BCUT2D eigenvalue weighted by Gasteiger charge is 2.23. The molecule has 5 aromatic carbocycles. The number of amides is 1. The van der Waals surface area contributed by atoms with Gasteiger partial charge in [-0.15, -0.1) is 0 Å². The standard InChI is InChI=1S/C35H29NO5/c37-34(36-29-19-11-4-12-20-29)30-21-33(40-24-27-15-7-2-8-16-27)31(35(38)41-25-28-17-9-3-10-18-28)22-32(30)39-23-26-13-5-1-6-14-26/h1-22H,23-25H2,(H,36,37). The predicted molar refractivity (Wildman–Crippen MR) is 158 cm³/mol. The molecule has 0 unspecified atom stereocenters. The first-order valence-corrected chi connectivity index (χ1v) is 13.2. The maximum atomic E-state index is 13.5. The number of anilines is 1. The van der Waals surface area contributed by atoms with E-state index in [0.29, 0.717) is 5.69 Å². The van der Waals surface area contributed by atoms with Crippen LogP contribution in [0.3, 0.4) is 0 Å². The molecule has 1 amide bonds. The summed E-state index contributed by atoms with van der Waals surface area (Å²) < 4.78 is 17.9. The lowest BCUT2D eigenvalue weighted by atomic mass is 10.1. The number of hydrogen-bond donors (Lipinski definition) is 1. The lowest BCUT2D eigenvalue weighted by Gasteiger charge is -2.17. The predicted octanol–water partition coefficient (Wildman–Crippen LogP) is 7.45. The van der Waals surface area contributed by atoms with Crippen molar-refractivity contribution in [1.82, 2.24) is 0 Å². The van der Waals surface area contributed by atoms with Crippen molar-refractivity contribution in [3.8, 4) is 11.5 Å². The van der Waals surface area contributed by atoms with Crippen molar-refractivity contribution >= 4 is 17.6 Å². The summed E-state index contributed by atoms with van der Waals surface area (Å²) in [5.74, 6) is -0.525. The van der Waals surface area contributed by atoms with E-state index in [1.54, 1.807) is 18.2 Å². The molecule has 0 spiro atoms. The van der Waals surface area contributed by atoms with E-state index in [1.165, 1.54) is 6.07 Å². The Kier molecular flexibility index (Phi) is 9.04. The summed E-state index contributed by atoms with van der Waals surface area (Å²) in [5.41, 5.74) is 3.70. The van der Waals surface area contributed by atoms with Gasteiger partial charge in [0.05, 0.1) is 5.56 Å². The first kappa shape index (κ1) is 27.2. The number of para-hydroxylation sites is 1.